The monoisotopic (exact) mass is 480 g/mol. The van der Waals surface area contributed by atoms with Crippen LogP contribution in [0, 0.1) is 6.92 Å². The number of hydrogen-bond donors (Lipinski definition) is 5. The summed E-state index contributed by atoms with van der Waals surface area (Å²) in [6.45, 7) is 2.10. The fourth-order valence-electron chi connectivity index (χ4n) is 4.42. The molecule has 5 N–H and O–H groups in total. The third-order valence-corrected chi connectivity index (χ3v) is 6.13. The Morgan fingerprint density at radius 2 is 1.97 bits per heavy atom. The van der Waals surface area contributed by atoms with E-state index < -0.39 is 0 Å². The molecular weight excluding hydrogens is 448 g/mol. The van der Waals surface area contributed by atoms with Crippen LogP contribution in [0.5, 0.6) is 0 Å². The van der Waals surface area contributed by atoms with Crippen molar-refractivity contribution in [3.05, 3.63) is 47.5 Å². The van der Waals surface area contributed by atoms with Crippen LogP contribution < -0.4 is 16.0 Å². The molecule has 0 spiro atoms. The molecule has 1 amide bonds. The predicted molar refractivity (Wildman–Crippen MR) is 132 cm³/mol. The highest BCUT2D eigenvalue weighted by Crippen LogP contribution is 2.39. The lowest BCUT2D eigenvalue weighted by molar-refractivity contribution is -0.115. The van der Waals surface area contributed by atoms with Crippen LogP contribution in [0.25, 0.3) is 11.3 Å². The zero-order chi connectivity index (χ0) is 24.6. The van der Waals surface area contributed by atoms with E-state index in [9.17, 15) is 9.90 Å². The summed E-state index contributed by atoms with van der Waals surface area (Å²) in [7, 11) is 0. The molecule has 1 aromatic carbocycles. The second-order valence-electron chi connectivity index (χ2n) is 8.71. The summed E-state index contributed by atoms with van der Waals surface area (Å²) in [5.41, 5.74) is 4.28. The number of amides is 1. The average Bonchev–Trinajstić information content (AvgIpc) is 3.26. The number of aromatic nitrogens is 3. The average molecular weight is 481 g/mol. The van der Waals surface area contributed by atoms with E-state index >= 15 is 0 Å². The molecule has 1 fully saturated rings. The molecule has 186 valence electrons. The van der Waals surface area contributed by atoms with Crippen LogP contribution >= 0.6 is 0 Å². The van der Waals surface area contributed by atoms with Crippen LogP contribution in [0.15, 0.2) is 35.0 Å². The number of anilines is 3. The SMILES string of the molecule is Cc1onc(C2CCCCC2)c1-c1nc(Nc2cccc(NC(=O)CNCCO)c2)ncc1CO. The number of benzene rings is 1. The highest BCUT2D eigenvalue weighted by atomic mass is 16.5. The molecule has 0 aliphatic heterocycles. The molecule has 1 saturated carbocycles. The first-order chi connectivity index (χ1) is 17.1. The zero-order valence-corrected chi connectivity index (χ0v) is 19.9. The Hall–Kier alpha value is -3.34. The summed E-state index contributed by atoms with van der Waals surface area (Å²) in [5.74, 6) is 1.14. The van der Waals surface area contributed by atoms with Gasteiger partial charge in [-0.1, -0.05) is 30.5 Å². The van der Waals surface area contributed by atoms with Crippen LogP contribution in [0.3, 0.4) is 0 Å². The van der Waals surface area contributed by atoms with Gasteiger partial charge in [-0.3, -0.25) is 4.79 Å². The second-order valence-corrected chi connectivity index (χ2v) is 8.71. The van der Waals surface area contributed by atoms with Crippen molar-refractivity contribution < 1.29 is 19.5 Å². The van der Waals surface area contributed by atoms with Crippen LogP contribution in [-0.4, -0.2) is 50.9 Å². The fourth-order valence-corrected chi connectivity index (χ4v) is 4.42. The highest BCUT2D eigenvalue weighted by molar-refractivity contribution is 5.92. The quantitative estimate of drug-likeness (QED) is 0.276. The third kappa shape index (κ3) is 6.21. The van der Waals surface area contributed by atoms with E-state index in [1.165, 1.54) is 19.3 Å². The molecule has 2 aromatic heterocycles. The molecule has 4 rings (SSSR count). The molecule has 0 bridgehead atoms. The highest BCUT2D eigenvalue weighted by Gasteiger charge is 2.27. The van der Waals surface area contributed by atoms with Gasteiger partial charge in [0.05, 0.1) is 36.7 Å². The number of aliphatic hydroxyl groups is 2. The number of nitrogens with zero attached hydrogens (tertiary/aromatic N) is 3. The summed E-state index contributed by atoms with van der Waals surface area (Å²) in [4.78, 5) is 21.2. The summed E-state index contributed by atoms with van der Waals surface area (Å²) in [6.07, 6.45) is 7.33. The number of hydrogen-bond acceptors (Lipinski definition) is 9. The maximum atomic E-state index is 12.1. The number of carbonyl (C=O) groups is 1. The minimum absolute atomic E-state index is 0.0275. The van der Waals surface area contributed by atoms with Crippen LogP contribution in [0.4, 0.5) is 17.3 Å². The van der Waals surface area contributed by atoms with Crippen molar-refractivity contribution in [1.29, 1.82) is 0 Å². The van der Waals surface area contributed by atoms with Gasteiger partial charge in [0.25, 0.3) is 0 Å². The Labute approximate surface area is 204 Å². The Morgan fingerprint density at radius 3 is 2.74 bits per heavy atom. The van der Waals surface area contributed by atoms with Crippen LogP contribution in [0.1, 0.15) is 55.0 Å². The van der Waals surface area contributed by atoms with E-state index in [0.717, 1.165) is 24.1 Å². The largest absolute Gasteiger partial charge is 0.395 e. The van der Waals surface area contributed by atoms with Crippen molar-refractivity contribution in [2.24, 2.45) is 0 Å². The van der Waals surface area contributed by atoms with Crippen molar-refractivity contribution in [2.45, 2.75) is 51.6 Å². The lowest BCUT2D eigenvalue weighted by Gasteiger charge is -2.20. The van der Waals surface area contributed by atoms with E-state index in [-0.39, 0.29) is 25.7 Å². The standard InChI is InChI=1S/C25H32N6O4/c1-16-22(24(31-35-16)17-6-3-2-4-7-17)23-18(15-33)13-27-25(30-23)29-20-9-5-8-19(12-20)28-21(34)14-26-10-11-32/h5,8-9,12-13,17,26,32-33H,2-4,6-7,10-11,14-15H2,1H3,(H,28,34)(H,27,29,30). The zero-order valence-electron chi connectivity index (χ0n) is 19.9. The Kier molecular flexibility index (Phi) is 8.40. The summed E-state index contributed by atoms with van der Waals surface area (Å²) in [5, 5.41) is 32.0. The first kappa shape index (κ1) is 24.8. The minimum atomic E-state index is -0.209. The third-order valence-electron chi connectivity index (χ3n) is 6.13. The number of carbonyl (C=O) groups excluding carboxylic acids is 1. The molecule has 35 heavy (non-hydrogen) atoms. The maximum Gasteiger partial charge on any atom is 0.238 e. The fraction of sp³-hybridized carbons (Fsp3) is 0.440. The molecule has 2 heterocycles. The summed E-state index contributed by atoms with van der Waals surface area (Å²) < 4.78 is 5.58. The molecule has 10 heteroatoms. The molecular formula is C25H32N6O4. The smallest absolute Gasteiger partial charge is 0.238 e. The maximum absolute atomic E-state index is 12.1. The van der Waals surface area contributed by atoms with Gasteiger partial charge in [-0.15, -0.1) is 0 Å². The topological polar surface area (TPSA) is 145 Å². The van der Waals surface area contributed by atoms with E-state index in [2.05, 4.69) is 26.1 Å². The first-order valence-corrected chi connectivity index (χ1v) is 12.0. The molecule has 1 aliphatic carbocycles. The van der Waals surface area contributed by atoms with Gasteiger partial charge in [-0.2, -0.15) is 0 Å². The van der Waals surface area contributed by atoms with Crippen molar-refractivity contribution in [1.82, 2.24) is 20.4 Å². The first-order valence-electron chi connectivity index (χ1n) is 12.0. The van der Waals surface area contributed by atoms with Crippen molar-refractivity contribution in [2.75, 3.05) is 30.3 Å². The van der Waals surface area contributed by atoms with Gasteiger partial charge in [-0.25, -0.2) is 9.97 Å². The number of nitrogens with one attached hydrogen (secondary N) is 3. The molecule has 3 aromatic rings. The summed E-state index contributed by atoms with van der Waals surface area (Å²) >= 11 is 0. The molecule has 0 unspecified atom stereocenters. The van der Waals surface area contributed by atoms with E-state index in [0.29, 0.717) is 46.8 Å². The van der Waals surface area contributed by atoms with Gasteiger partial charge < -0.3 is 30.7 Å². The predicted octanol–water partition coefficient (Wildman–Crippen LogP) is 3.24. The lowest BCUT2D eigenvalue weighted by Crippen LogP contribution is -2.29. The molecule has 1 aliphatic rings. The van der Waals surface area contributed by atoms with Crippen LogP contribution in [-0.2, 0) is 11.4 Å². The Morgan fingerprint density at radius 1 is 1.17 bits per heavy atom. The Balaban J connectivity index is 1.56. The van der Waals surface area contributed by atoms with Gasteiger partial charge in [0.15, 0.2) is 0 Å². The normalized spacial score (nSPS) is 14.1. The Bertz CT molecular complexity index is 1140. The van der Waals surface area contributed by atoms with Gasteiger partial charge in [0, 0.05) is 35.6 Å². The van der Waals surface area contributed by atoms with Crippen molar-refractivity contribution in [3.63, 3.8) is 0 Å². The minimum Gasteiger partial charge on any atom is -0.395 e. The number of rotatable bonds is 10. The van der Waals surface area contributed by atoms with Gasteiger partial charge in [0.2, 0.25) is 11.9 Å². The van der Waals surface area contributed by atoms with Gasteiger partial charge in [0.1, 0.15) is 5.76 Å². The molecule has 0 saturated heterocycles. The number of aryl methyl sites for hydroxylation is 1. The number of aliphatic hydroxyl groups excluding tert-OH is 2. The summed E-state index contributed by atoms with van der Waals surface area (Å²) in [6, 6.07) is 7.23. The van der Waals surface area contributed by atoms with E-state index in [1.807, 2.05) is 19.1 Å². The molecule has 10 nitrogen and oxygen atoms in total. The molecule has 0 atom stereocenters. The second kappa shape index (κ2) is 11.9. The van der Waals surface area contributed by atoms with Crippen molar-refractivity contribution >= 4 is 23.2 Å². The van der Waals surface area contributed by atoms with Crippen molar-refractivity contribution in [3.8, 4) is 11.3 Å². The van der Waals surface area contributed by atoms with E-state index in [4.69, 9.17) is 14.6 Å². The van der Waals surface area contributed by atoms with Gasteiger partial charge in [-0.05, 0) is 38.0 Å². The lowest BCUT2D eigenvalue weighted by atomic mass is 9.84. The van der Waals surface area contributed by atoms with Gasteiger partial charge >= 0.3 is 0 Å². The van der Waals surface area contributed by atoms with E-state index in [1.54, 1.807) is 18.3 Å². The van der Waals surface area contributed by atoms with Crippen LogP contribution in [0.2, 0.25) is 0 Å². The molecule has 0 radical (unpaired) electrons.